The van der Waals surface area contributed by atoms with E-state index < -0.39 is 11.8 Å². The van der Waals surface area contributed by atoms with Crippen LogP contribution in [0.25, 0.3) is 6.08 Å². The van der Waals surface area contributed by atoms with Crippen molar-refractivity contribution in [1.29, 1.82) is 0 Å². The van der Waals surface area contributed by atoms with Gasteiger partial charge in [0, 0.05) is 6.54 Å². The zero-order valence-corrected chi connectivity index (χ0v) is 12.1. The van der Waals surface area contributed by atoms with Crippen molar-refractivity contribution in [2.24, 2.45) is 0 Å². The Bertz CT molecular complexity index is 712. The molecule has 0 heterocycles. The number of benzene rings is 2. The van der Waals surface area contributed by atoms with Crippen LogP contribution in [0.1, 0.15) is 11.1 Å². The number of rotatable bonds is 5. The molecule has 0 aliphatic rings. The lowest BCUT2D eigenvalue weighted by Crippen LogP contribution is -2.33. The van der Waals surface area contributed by atoms with Crippen molar-refractivity contribution < 1.29 is 19.2 Å². The van der Waals surface area contributed by atoms with Crippen molar-refractivity contribution in [3.63, 3.8) is 0 Å². The standard InChI is InChI=1S/C17H15FN2O3/c18-14-8-6-13(7-9-14)11-19-16(21)15(17(22)20-23)10-12-4-2-1-3-5-12/h1-10,23H,11H2,(H,19,21)(H,20,22)/b15-10+. The van der Waals surface area contributed by atoms with Crippen LogP contribution in [0.2, 0.25) is 0 Å². The molecular formula is C17H15FN2O3. The van der Waals surface area contributed by atoms with Gasteiger partial charge in [0.15, 0.2) is 0 Å². The van der Waals surface area contributed by atoms with Gasteiger partial charge in [-0.05, 0) is 29.3 Å². The number of halogens is 1. The third-order valence-electron chi connectivity index (χ3n) is 3.07. The van der Waals surface area contributed by atoms with Gasteiger partial charge in [-0.3, -0.25) is 14.8 Å². The van der Waals surface area contributed by atoms with Crippen molar-refractivity contribution in [3.05, 3.63) is 77.1 Å². The molecule has 2 rings (SSSR count). The van der Waals surface area contributed by atoms with E-state index in [2.05, 4.69) is 5.32 Å². The predicted octanol–water partition coefficient (Wildman–Crippen LogP) is 2.03. The molecule has 0 unspecified atom stereocenters. The van der Waals surface area contributed by atoms with Crippen LogP contribution in [0.5, 0.6) is 0 Å². The molecule has 0 spiro atoms. The van der Waals surface area contributed by atoms with Gasteiger partial charge in [0.25, 0.3) is 11.8 Å². The van der Waals surface area contributed by atoms with Gasteiger partial charge in [-0.15, -0.1) is 0 Å². The molecule has 5 nitrogen and oxygen atoms in total. The maximum atomic E-state index is 12.8. The fourth-order valence-corrected chi connectivity index (χ4v) is 1.89. The summed E-state index contributed by atoms with van der Waals surface area (Å²) in [5.41, 5.74) is 2.54. The van der Waals surface area contributed by atoms with Gasteiger partial charge < -0.3 is 5.32 Å². The summed E-state index contributed by atoms with van der Waals surface area (Å²) in [5, 5.41) is 11.3. The van der Waals surface area contributed by atoms with E-state index in [0.717, 1.165) is 0 Å². The first-order valence-corrected chi connectivity index (χ1v) is 6.84. The molecule has 0 aliphatic carbocycles. The second-order valence-corrected chi connectivity index (χ2v) is 4.72. The molecule has 0 atom stereocenters. The molecule has 0 fully saturated rings. The normalized spacial score (nSPS) is 11.0. The highest BCUT2D eigenvalue weighted by Gasteiger charge is 2.17. The van der Waals surface area contributed by atoms with Gasteiger partial charge in [0.2, 0.25) is 0 Å². The molecule has 2 aromatic carbocycles. The zero-order chi connectivity index (χ0) is 16.7. The number of carbonyl (C=O) groups excluding carboxylic acids is 2. The number of amides is 2. The molecular weight excluding hydrogens is 299 g/mol. The number of hydroxylamine groups is 1. The fourth-order valence-electron chi connectivity index (χ4n) is 1.89. The summed E-state index contributed by atoms with van der Waals surface area (Å²) in [6.45, 7) is 0.129. The number of hydrogen-bond acceptors (Lipinski definition) is 3. The van der Waals surface area contributed by atoms with Crippen LogP contribution in [0, 0.1) is 5.82 Å². The topological polar surface area (TPSA) is 78.4 Å². The van der Waals surface area contributed by atoms with Crippen LogP contribution in [0.15, 0.2) is 60.2 Å². The average Bonchev–Trinajstić information content (AvgIpc) is 2.59. The Morgan fingerprint density at radius 3 is 2.26 bits per heavy atom. The highest BCUT2D eigenvalue weighted by molar-refractivity contribution is 6.21. The minimum Gasteiger partial charge on any atom is -0.348 e. The van der Waals surface area contributed by atoms with Crippen molar-refractivity contribution in [1.82, 2.24) is 10.8 Å². The van der Waals surface area contributed by atoms with E-state index in [9.17, 15) is 14.0 Å². The van der Waals surface area contributed by atoms with Crippen molar-refractivity contribution >= 4 is 17.9 Å². The Kier molecular flexibility index (Phi) is 5.60. The van der Waals surface area contributed by atoms with Gasteiger partial charge in [-0.2, -0.15) is 0 Å². The predicted molar refractivity (Wildman–Crippen MR) is 82.6 cm³/mol. The van der Waals surface area contributed by atoms with Crippen LogP contribution in [0.4, 0.5) is 4.39 Å². The molecule has 2 aromatic rings. The first-order valence-electron chi connectivity index (χ1n) is 6.84. The lowest BCUT2D eigenvalue weighted by Gasteiger charge is -2.08. The van der Waals surface area contributed by atoms with Crippen molar-refractivity contribution in [2.75, 3.05) is 0 Å². The second-order valence-electron chi connectivity index (χ2n) is 4.72. The smallest absolute Gasteiger partial charge is 0.280 e. The van der Waals surface area contributed by atoms with Gasteiger partial charge in [0.05, 0.1) is 0 Å². The maximum Gasteiger partial charge on any atom is 0.280 e. The minimum atomic E-state index is -0.912. The first kappa shape index (κ1) is 16.4. The largest absolute Gasteiger partial charge is 0.348 e. The molecule has 0 radical (unpaired) electrons. The van der Waals surface area contributed by atoms with Gasteiger partial charge in [0.1, 0.15) is 11.4 Å². The Labute approximate surface area is 132 Å². The van der Waals surface area contributed by atoms with Crippen LogP contribution in [0.3, 0.4) is 0 Å². The maximum absolute atomic E-state index is 12.8. The molecule has 0 saturated heterocycles. The molecule has 0 saturated carbocycles. The highest BCUT2D eigenvalue weighted by Crippen LogP contribution is 2.08. The molecule has 6 heteroatoms. The first-order chi connectivity index (χ1) is 11.1. The van der Waals surface area contributed by atoms with E-state index in [1.165, 1.54) is 35.8 Å². The van der Waals surface area contributed by atoms with Crippen LogP contribution < -0.4 is 10.8 Å². The molecule has 0 aliphatic heterocycles. The van der Waals surface area contributed by atoms with E-state index in [-0.39, 0.29) is 17.9 Å². The second kappa shape index (κ2) is 7.86. The molecule has 0 aromatic heterocycles. The van der Waals surface area contributed by atoms with E-state index in [4.69, 9.17) is 5.21 Å². The number of nitrogens with one attached hydrogen (secondary N) is 2. The Morgan fingerprint density at radius 1 is 1.00 bits per heavy atom. The Morgan fingerprint density at radius 2 is 1.65 bits per heavy atom. The van der Waals surface area contributed by atoms with Crippen LogP contribution in [-0.2, 0) is 16.1 Å². The lowest BCUT2D eigenvalue weighted by atomic mass is 10.1. The highest BCUT2D eigenvalue weighted by atomic mass is 19.1. The SMILES string of the molecule is O=C(NO)/C(=C/c1ccccc1)C(=O)NCc1ccc(F)cc1. The molecule has 3 N–H and O–H groups in total. The van der Waals surface area contributed by atoms with E-state index in [1.54, 1.807) is 30.3 Å². The van der Waals surface area contributed by atoms with E-state index in [0.29, 0.717) is 11.1 Å². The quantitative estimate of drug-likeness (QED) is 0.260. The average molecular weight is 314 g/mol. The molecule has 118 valence electrons. The zero-order valence-electron chi connectivity index (χ0n) is 12.1. The summed E-state index contributed by atoms with van der Waals surface area (Å²) in [5.74, 6) is -1.93. The fraction of sp³-hybridized carbons (Fsp3) is 0.0588. The third kappa shape index (κ3) is 4.76. The van der Waals surface area contributed by atoms with Gasteiger partial charge in [-0.25, -0.2) is 9.87 Å². The summed E-state index contributed by atoms with van der Waals surface area (Å²) in [7, 11) is 0. The van der Waals surface area contributed by atoms with Crippen molar-refractivity contribution in [3.8, 4) is 0 Å². The van der Waals surface area contributed by atoms with Crippen molar-refractivity contribution in [2.45, 2.75) is 6.54 Å². The monoisotopic (exact) mass is 314 g/mol. The van der Waals surface area contributed by atoms with Crippen LogP contribution >= 0.6 is 0 Å². The molecule has 0 bridgehead atoms. The van der Waals surface area contributed by atoms with Crippen LogP contribution in [-0.4, -0.2) is 17.0 Å². The Balaban J connectivity index is 2.12. The summed E-state index contributed by atoms with van der Waals surface area (Å²) in [6.07, 6.45) is 1.37. The van der Waals surface area contributed by atoms with E-state index in [1.807, 2.05) is 0 Å². The minimum absolute atomic E-state index is 0.129. The lowest BCUT2D eigenvalue weighted by molar-refractivity contribution is -0.128. The summed E-state index contributed by atoms with van der Waals surface area (Å²) in [6, 6.07) is 14.4. The summed E-state index contributed by atoms with van der Waals surface area (Å²) in [4.78, 5) is 23.8. The molecule has 23 heavy (non-hydrogen) atoms. The Hall–Kier alpha value is -2.99. The number of hydrogen-bond donors (Lipinski definition) is 3. The summed E-state index contributed by atoms with van der Waals surface area (Å²) < 4.78 is 12.8. The molecule has 2 amide bonds. The van der Waals surface area contributed by atoms with E-state index >= 15 is 0 Å². The summed E-state index contributed by atoms with van der Waals surface area (Å²) >= 11 is 0. The number of carbonyl (C=O) groups is 2. The van der Waals surface area contributed by atoms with Gasteiger partial charge in [-0.1, -0.05) is 42.5 Å². The third-order valence-corrected chi connectivity index (χ3v) is 3.07. The van der Waals surface area contributed by atoms with Gasteiger partial charge >= 0.3 is 0 Å².